The number of phenols is 1. The van der Waals surface area contributed by atoms with Crippen molar-refractivity contribution in [3.63, 3.8) is 0 Å². The van der Waals surface area contributed by atoms with Crippen molar-refractivity contribution in [3.05, 3.63) is 28.8 Å². The van der Waals surface area contributed by atoms with Crippen LogP contribution in [0.2, 0.25) is 0 Å². The van der Waals surface area contributed by atoms with Gasteiger partial charge in [-0.3, -0.25) is 4.79 Å². The molecule has 1 unspecified atom stereocenters. The molecule has 0 bridgehead atoms. The molecule has 0 aliphatic heterocycles. The van der Waals surface area contributed by atoms with Crippen LogP contribution >= 0.6 is 23.5 Å². The monoisotopic (exact) mass is 891 g/mol. The molecule has 0 saturated heterocycles. The second-order valence-corrected chi connectivity index (χ2v) is 21.9. The standard InChI is InChI=1S/C55H102O4S2/c1-7-9-11-13-15-17-19-21-23-25-27-29-31-33-35-37-42-60-44-41-58-47-51(59-53(56)40-39-50-45-49(3)54(57)52(46-50)55(4,5)6)48-61-43-38-36-34-32-30-28-26-24-22-20-18-16-14-12-10-8-2/h45-46,51,57H,7-44,47-48H2,1-6H3. The summed E-state index contributed by atoms with van der Waals surface area (Å²) in [6.07, 6.45) is 45.6. The molecule has 0 aliphatic rings. The van der Waals surface area contributed by atoms with Crippen LogP contribution in [0, 0.1) is 6.92 Å². The number of phenolic OH excluding ortho intramolecular Hbond substituents is 1. The van der Waals surface area contributed by atoms with Crippen LogP contribution < -0.4 is 0 Å². The van der Waals surface area contributed by atoms with Gasteiger partial charge in [0.25, 0.3) is 0 Å². The van der Waals surface area contributed by atoms with Gasteiger partial charge in [0.15, 0.2) is 0 Å². The third-order valence-corrected chi connectivity index (χ3v) is 14.6. The van der Waals surface area contributed by atoms with Gasteiger partial charge in [-0.1, -0.05) is 239 Å². The first-order valence-corrected chi connectivity index (χ1v) is 28.8. The molecule has 1 aromatic rings. The van der Waals surface area contributed by atoms with E-state index in [-0.39, 0.29) is 17.5 Å². The highest BCUT2D eigenvalue weighted by molar-refractivity contribution is 7.99. The molecule has 0 aromatic heterocycles. The Labute approximate surface area is 389 Å². The van der Waals surface area contributed by atoms with Crippen LogP contribution in [-0.2, 0) is 26.1 Å². The average Bonchev–Trinajstić information content (AvgIpc) is 3.23. The van der Waals surface area contributed by atoms with Gasteiger partial charge < -0.3 is 14.6 Å². The fraction of sp³-hybridized carbons (Fsp3) is 0.873. The van der Waals surface area contributed by atoms with Crippen molar-refractivity contribution >= 4 is 29.5 Å². The zero-order valence-corrected chi connectivity index (χ0v) is 43.1. The van der Waals surface area contributed by atoms with Gasteiger partial charge in [-0.15, -0.1) is 0 Å². The molecular formula is C55H102O4S2. The maximum absolute atomic E-state index is 13.1. The first-order chi connectivity index (χ1) is 29.7. The molecule has 1 rings (SSSR count). The number of ether oxygens (including phenoxy) is 2. The average molecular weight is 892 g/mol. The van der Waals surface area contributed by atoms with Crippen LogP contribution in [0.1, 0.15) is 263 Å². The van der Waals surface area contributed by atoms with E-state index in [1.165, 1.54) is 211 Å². The Hall–Kier alpha value is -0.850. The second-order valence-electron chi connectivity index (χ2n) is 19.5. The Morgan fingerprint density at radius 1 is 0.574 bits per heavy atom. The lowest BCUT2D eigenvalue weighted by Crippen LogP contribution is -2.27. The Morgan fingerprint density at radius 2 is 0.967 bits per heavy atom. The number of carbonyl (C=O) groups excluding carboxylic acids is 1. The lowest BCUT2D eigenvalue weighted by atomic mass is 9.83. The molecular weight excluding hydrogens is 789 g/mol. The molecule has 6 heteroatoms. The maximum Gasteiger partial charge on any atom is 0.306 e. The van der Waals surface area contributed by atoms with Crippen molar-refractivity contribution in [1.29, 1.82) is 0 Å². The Bertz CT molecular complexity index is 1120. The number of aromatic hydroxyl groups is 1. The molecule has 61 heavy (non-hydrogen) atoms. The Kier molecular flexibility index (Phi) is 39.9. The maximum atomic E-state index is 13.1. The Balaban J connectivity index is 2.25. The number of rotatable bonds is 45. The highest BCUT2D eigenvalue weighted by atomic mass is 32.2. The predicted octanol–water partition coefficient (Wildman–Crippen LogP) is 17.8. The largest absolute Gasteiger partial charge is 0.507 e. The number of benzene rings is 1. The van der Waals surface area contributed by atoms with Gasteiger partial charge >= 0.3 is 5.97 Å². The van der Waals surface area contributed by atoms with Gasteiger partial charge in [0, 0.05) is 17.9 Å². The van der Waals surface area contributed by atoms with E-state index in [2.05, 4.69) is 40.7 Å². The SMILES string of the molecule is CCCCCCCCCCCCCCCCCCSCCOCC(CSCCCCCCCCCCCCCCCCCC)OC(=O)CCc1cc(C)c(O)c(C(C)(C)C)c1. The van der Waals surface area contributed by atoms with Gasteiger partial charge in [0.2, 0.25) is 0 Å². The minimum absolute atomic E-state index is 0.155. The van der Waals surface area contributed by atoms with Crippen LogP contribution in [0.15, 0.2) is 12.1 Å². The molecule has 0 spiro atoms. The van der Waals surface area contributed by atoms with E-state index in [9.17, 15) is 9.90 Å². The lowest BCUT2D eigenvalue weighted by Gasteiger charge is -2.23. The zero-order valence-electron chi connectivity index (χ0n) is 41.5. The first-order valence-electron chi connectivity index (χ1n) is 26.4. The highest BCUT2D eigenvalue weighted by Crippen LogP contribution is 2.34. The molecule has 1 N–H and O–H groups in total. The summed E-state index contributed by atoms with van der Waals surface area (Å²) in [4.78, 5) is 13.1. The van der Waals surface area contributed by atoms with Gasteiger partial charge in [0.1, 0.15) is 11.9 Å². The molecule has 358 valence electrons. The summed E-state index contributed by atoms with van der Waals surface area (Å²) in [5.41, 5.74) is 2.70. The van der Waals surface area contributed by atoms with Gasteiger partial charge in [-0.05, 0) is 59.8 Å². The van der Waals surface area contributed by atoms with Gasteiger partial charge in [0.05, 0.1) is 13.2 Å². The van der Waals surface area contributed by atoms with Crippen molar-refractivity contribution in [2.24, 2.45) is 0 Å². The minimum atomic E-state index is -0.212. The fourth-order valence-electron chi connectivity index (χ4n) is 8.33. The van der Waals surface area contributed by atoms with Crippen molar-refractivity contribution in [1.82, 2.24) is 0 Å². The smallest absolute Gasteiger partial charge is 0.306 e. The molecule has 1 aromatic carbocycles. The van der Waals surface area contributed by atoms with Crippen molar-refractivity contribution < 1.29 is 19.4 Å². The number of unbranched alkanes of at least 4 members (excludes halogenated alkanes) is 30. The van der Waals surface area contributed by atoms with E-state index in [0.29, 0.717) is 31.8 Å². The molecule has 0 heterocycles. The van der Waals surface area contributed by atoms with E-state index in [1.807, 2.05) is 36.5 Å². The number of hydrogen-bond donors (Lipinski definition) is 1. The van der Waals surface area contributed by atoms with Crippen molar-refractivity contribution in [2.75, 3.05) is 36.2 Å². The topological polar surface area (TPSA) is 55.8 Å². The van der Waals surface area contributed by atoms with E-state index in [4.69, 9.17) is 9.47 Å². The summed E-state index contributed by atoms with van der Waals surface area (Å²) in [5, 5.41) is 10.7. The first kappa shape index (κ1) is 58.2. The molecule has 0 amide bonds. The molecule has 0 aliphatic carbocycles. The number of hydrogen-bond acceptors (Lipinski definition) is 6. The predicted molar refractivity (Wildman–Crippen MR) is 274 cm³/mol. The number of thioether (sulfide) groups is 2. The van der Waals surface area contributed by atoms with Crippen molar-refractivity contribution in [3.8, 4) is 5.75 Å². The molecule has 0 fully saturated rings. The summed E-state index contributed by atoms with van der Waals surface area (Å²) in [7, 11) is 0. The number of aryl methyl sites for hydroxylation is 2. The fourth-order valence-corrected chi connectivity index (χ4v) is 10.2. The molecule has 0 radical (unpaired) electrons. The van der Waals surface area contributed by atoms with Crippen LogP contribution in [0.25, 0.3) is 0 Å². The third-order valence-electron chi connectivity index (χ3n) is 12.3. The molecule has 0 saturated carbocycles. The van der Waals surface area contributed by atoms with E-state index in [1.54, 1.807) is 0 Å². The lowest BCUT2D eigenvalue weighted by molar-refractivity contribution is -0.150. The van der Waals surface area contributed by atoms with Crippen LogP contribution in [0.3, 0.4) is 0 Å². The quantitative estimate of drug-likeness (QED) is 0.0520. The molecule has 4 nitrogen and oxygen atoms in total. The summed E-state index contributed by atoms with van der Waals surface area (Å²) < 4.78 is 12.2. The third kappa shape index (κ3) is 36.1. The molecule has 1 atom stereocenters. The number of esters is 1. The number of carbonyl (C=O) groups is 1. The van der Waals surface area contributed by atoms with E-state index < -0.39 is 0 Å². The summed E-state index contributed by atoms with van der Waals surface area (Å²) in [6.45, 7) is 14.1. The normalized spacial score (nSPS) is 12.4. The van der Waals surface area contributed by atoms with Gasteiger partial charge in [-0.25, -0.2) is 0 Å². The summed E-state index contributed by atoms with van der Waals surface area (Å²) in [6, 6.07) is 4.06. The summed E-state index contributed by atoms with van der Waals surface area (Å²) >= 11 is 3.92. The van der Waals surface area contributed by atoms with Crippen LogP contribution in [-0.4, -0.2) is 53.4 Å². The van der Waals surface area contributed by atoms with Crippen LogP contribution in [0.5, 0.6) is 5.75 Å². The van der Waals surface area contributed by atoms with E-state index in [0.717, 1.165) is 33.9 Å². The Morgan fingerprint density at radius 3 is 1.38 bits per heavy atom. The van der Waals surface area contributed by atoms with E-state index >= 15 is 0 Å². The van der Waals surface area contributed by atoms with Crippen molar-refractivity contribution in [2.45, 2.75) is 271 Å². The summed E-state index contributed by atoms with van der Waals surface area (Å²) in [5.74, 6) is 4.33. The minimum Gasteiger partial charge on any atom is -0.507 e. The highest BCUT2D eigenvalue weighted by Gasteiger charge is 2.21. The second kappa shape index (κ2) is 41.8. The van der Waals surface area contributed by atoms with Gasteiger partial charge in [-0.2, -0.15) is 23.5 Å². The van der Waals surface area contributed by atoms with Crippen LogP contribution in [0.4, 0.5) is 0 Å². The zero-order chi connectivity index (χ0) is 44.5.